The highest BCUT2D eigenvalue weighted by Crippen LogP contribution is 2.31. The molecule has 0 saturated carbocycles. The van der Waals surface area contributed by atoms with E-state index in [1.54, 1.807) is 6.92 Å². The smallest absolute Gasteiger partial charge is 0.135 e. The van der Waals surface area contributed by atoms with E-state index in [1.165, 1.54) is 10.9 Å². The Hall–Kier alpha value is -1.34. The zero-order chi connectivity index (χ0) is 14.2. The highest BCUT2D eigenvalue weighted by Gasteiger charge is 2.25. The highest BCUT2D eigenvalue weighted by atomic mass is 79.9. The van der Waals surface area contributed by atoms with Gasteiger partial charge in [-0.1, -0.05) is 0 Å². The summed E-state index contributed by atoms with van der Waals surface area (Å²) in [6.07, 6.45) is -0.154. The first kappa shape index (κ1) is 14.1. The van der Waals surface area contributed by atoms with Gasteiger partial charge in [0.2, 0.25) is 0 Å². The molecule has 0 fully saturated rings. The zero-order valence-corrected chi connectivity index (χ0v) is 11.5. The molecule has 102 valence electrons. The second-order valence-electron chi connectivity index (χ2n) is 3.88. The van der Waals surface area contributed by atoms with Crippen LogP contribution in [0.15, 0.2) is 22.8 Å². The molecule has 0 amide bonds. The minimum absolute atomic E-state index is 0.215. The van der Waals surface area contributed by atoms with E-state index in [2.05, 4.69) is 21.0 Å². The average Bonchev–Trinajstić information content (AvgIpc) is 2.68. The second-order valence-corrected chi connectivity index (χ2v) is 4.73. The number of aliphatic hydroxyl groups excluding tert-OH is 1. The van der Waals surface area contributed by atoms with E-state index in [1.807, 2.05) is 0 Å². The van der Waals surface area contributed by atoms with Gasteiger partial charge in [0, 0.05) is 18.7 Å². The van der Waals surface area contributed by atoms with Crippen molar-refractivity contribution in [1.29, 1.82) is 0 Å². The maximum atomic E-state index is 13.6. The summed E-state index contributed by atoms with van der Waals surface area (Å²) in [5.41, 5.74) is -0.385. The Kier molecular flexibility index (Phi) is 3.96. The lowest BCUT2D eigenvalue weighted by atomic mass is 10.0. The Morgan fingerprint density at radius 1 is 1.32 bits per heavy atom. The molecule has 19 heavy (non-hydrogen) atoms. The van der Waals surface area contributed by atoms with E-state index >= 15 is 0 Å². The molecule has 3 nitrogen and oxygen atoms in total. The van der Waals surface area contributed by atoms with Crippen molar-refractivity contribution in [2.75, 3.05) is 0 Å². The highest BCUT2D eigenvalue weighted by molar-refractivity contribution is 9.10. The number of rotatable bonds is 3. The number of hydrogen-bond donors (Lipinski definition) is 1. The van der Waals surface area contributed by atoms with Gasteiger partial charge in [-0.25, -0.2) is 13.2 Å². The number of aromatic nitrogens is 2. The molecule has 0 aliphatic carbocycles. The number of hydrogen-bond acceptors (Lipinski definition) is 2. The fourth-order valence-corrected chi connectivity index (χ4v) is 2.36. The van der Waals surface area contributed by atoms with Gasteiger partial charge in [0.25, 0.3) is 0 Å². The lowest BCUT2D eigenvalue weighted by Crippen LogP contribution is -2.13. The molecule has 1 atom stereocenters. The largest absolute Gasteiger partial charge is 0.382 e. The maximum Gasteiger partial charge on any atom is 0.135 e. The summed E-state index contributed by atoms with van der Waals surface area (Å²) in [4.78, 5) is 0. The van der Waals surface area contributed by atoms with Crippen molar-refractivity contribution in [3.63, 3.8) is 0 Å². The summed E-state index contributed by atoms with van der Waals surface area (Å²) in [5.74, 6) is -3.31. The average molecular weight is 335 g/mol. The monoisotopic (exact) mass is 334 g/mol. The van der Waals surface area contributed by atoms with Gasteiger partial charge >= 0.3 is 0 Å². The molecule has 1 N–H and O–H groups in total. The molecule has 1 unspecified atom stereocenters. The maximum absolute atomic E-state index is 13.6. The first-order valence-electron chi connectivity index (χ1n) is 5.49. The van der Waals surface area contributed by atoms with E-state index in [0.29, 0.717) is 23.2 Å². The molecular formula is C12H10BrF3N2O. The van der Waals surface area contributed by atoms with Gasteiger partial charge < -0.3 is 5.11 Å². The minimum atomic E-state index is -1.57. The normalized spacial score (nSPS) is 12.7. The Morgan fingerprint density at radius 2 is 1.89 bits per heavy atom. The third-order valence-electron chi connectivity index (χ3n) is 2.71. The Balaban J connectivity index is 2.56. The molecule has 0 radical (unpaired) electrons. The van der Waals surface area contributed by atoms with Crippen molar-refractivity contribution in [3.8, 4) is 0 Å². The van der Waals surface area contributed by atoms with Gasteiger partial charge in [-0.15, -0.1) is 0 Å². The van der Waals surface area contributed by atoms with Crippen LogP contribution in [0.4, 0.5) is 13.2 Å². The molecule has 1 aromatic heterocycles. The van der Waals surface area contributed by atoms with E-state index < -0.39 is 29.1 Å². The van der Waals surface area contributed by atoms with Crippen LogP contribution in [0.1, 0.15) is 24.3 Å². The first-order chi connectivity index (χ1) is 8.95. The topological polar surface area (TPSA) is 38.0 Å². The van der Waals surface area contributed by atoms with Crippen molar-refractivity contribution in [3.05, 3.63) is 51.5 Å². The molecular weight excluding hydrogens is 325 g/mol. The van der Waals surface area contributed by atoms with Crippen LogP contribution in [0.2, 0.25) is 0 Å². The molecule has 0 saturated heterocycles. The molecule has 0 spiro atoms. The number of nitrogens with zero attached hydrogens (tertiary/aromatic N) is 2. The molecule has 2 aromatic rings. The van der Waals surface area contributed by atoms with E-state index in [4.69, 9.17) is 0 Å². The van der Waals surface area contributed by atoms with Crippen LogP contribution < -0.4 is 0 Å². The zero-order valence-electron chi connectivity index (χ0n) is 9.87. The lowest BCUT2D eigenvalue weighted by molar-refractivity contribution is 0.196. The van der Waals surface area contributed by atoms with Crippen LogP contribution in [0.3, 0.4) is 0 Å². The van der Waals surface area contributed by atoms with Crippen LogP contribution in [0.5, 0.6) is 0 Å². The fourth-order valence-electron chi connectivity index (χ4n) is 1.85. The predicted octanol–water partition coefficient (Wildman–Crippen LogP) is 3.16. The number of aliphatic hydroxyl groups is 1. The van der Waals surface area contributed by atoms with Crippen molar-refractivity contribution >= 4 is 15.9 Å². The predicted molar refractivity (Wildman–Crippen MR) is 66.0 cm³/mol. The van der Waals surface area contributed by atoms with Crippen molar-refractivity contribution in [2.24, 2.45) is 0 Å². The molecule has 0 aliphatic heterocycles. The van der Waals surface area contributed by atoms with E-state index in [-0.39, 0.29) is 5.69 Å². The summed E-state index contributed by atoms with van der Waals surface area (Å²) in [6, 6.07) is 1.06. The van der Waals surface area contributed by atoms with E-state index in [9.17, 15) is 18.3 Å². The molecule has 7 heteroatoms. The number of halogens is 4. The molecule has 0 bridgehead atoms. The van der Waals surface area contributed by atoms with Crippen molar-refractivity contribution < 1.29 is 18.3 Å². The second kappa shape index (κ2) is 5.34. The third-order valence-corrected chi connectivity index (χ3v) is 3.32. The van der Waals surface area contributed by atoms with E-state index in [0.717, 1.165) is 0 Å². The molecule has 0 aliphatic rings. The minimum Gasteiger partial charge on any atom is -0.382 e. The SMILES string of the molecule is CCn1ncc(Br)c1C(O)c1c(F)cc(F)cc1F. The van der Waals surface area contributed by atoms with Gasteiger partial charge in [-0.05, 0) is 22.9 Å². The Labute approximate surface area is 115 Å². The Bertz CT molecular complexity index is 592. The van der Waals surface area contributed by atoms with Gasteiger partial charge in [-0.2, -0.15) is 5.10 Å². The number of benzene rings is 1. The van der Waals surface area contributed by atoms with Gasteiger partial charge in [0.05, 0.1) is 21.9 Å². The summed E-state index contributed by atoms with van der Waals surface area (Å²) in [7, 11) is 0. The van der Waals surface area contributed by atoms with Crippen LogP contribution in [0, 0.1) is 17.5 Å². The van der Waals surface area contributed by atoms with Crippen LogP contribution in [-0.4, -0.2) is 14.9 Å². The number of aryl methyl sites for hydroxylation is 1. The van der Waals surface area contributed by atoms with Gasteiger partial charge in [-0.3, -0.25) is 4.68 Å². The summed E-state index contributed by atoms with van der Waals surface area (Å²) in [5, 5.41) is 14.1. The summed E-state index contributed by atoms with van der Waals surface area (Å²) >= 11 is 3.16. The summed E-state index contributed by atoms with van der Waals surface area (Å²) < 4.78 is 41.9. The third kappa shape index (κ3) is 2.52. The lowest BCUT2D eigenvalue weighted by Gasteiger charge is -2.15. The first-order valence-corrected chi connectivity index (χ1v) is 6.28. The van der Waals surface area contributed by atoms with Crippen LogP contribution >= 0.6 is 15.9 Å². The quantitative estimate of drug-likeness (QED) is 0.936. The van der Waals surface area contributed by atoms with Crippen molar-refractivity contribution in [2.45, 2.75) is 19.6 Å². The van der Waals surface area contributed by atoms with Crippen molar-refractivity contribution in [1.82, 2.24) is 9.78 Å². The standard InChI is InChI=1S/C12H10BrF3N2O/c1-2-18-11(7(13)5-17-18)12(19)10-8(15)3-6(14)4-9(10)16/h3-5,12,19H,2H2,1H3. The molecule has 2 rings (SSSR count). The fraction of sp³-hybridized carbons (Fsp3) is 0.250. The van der Waals surface area contributed by atoms with Gasteiger partial charge in [0.15, 0.2) is 0 Å². The Morgan fingerprint density at radius 3 is 2.42 bits per heavy atom. The molecule has 1 heterocycles. The van der Waals surface area contributed by atoms with Crippen LogP contribution in [-0.2, 0) is 6.54 Å². The molecule has 1 aromatic carbocycles. The van der Waals surface area contributed by atoms with Gasteiger partial charge in [0.1, 0.15) is 23.6 Å². The summed E-state index contributed by atoms with van der Waals surface area (Å²) in [6.45, 7) is 2.19. The van der Waals surface area contributed by atoms with Crippen LogP contribution in [0.25, 0.3) is 0 Å².